The predicted octanol–water partition coefficient (Wildman–Crippen LogP) is 2.75. The van der Waals surface area contributed by atoms with Crippen molar-refractivity contribution < 1.29 is 4.79 Å². The van der Waals surface area contributed by atoms with E-state index in [1.54, 1.807) is 6.20 Å². The van der Waals surface area contributed by atoms with Crippen LogP contribution in [-0.4, -0.2) is 50.7 Å². The summed E-state index contributed by atoms with van der Waals surface area (Å²) in [5.74, 6) is 2.45. The van der Waals surface area contributed by atoms with E-state index in [2.05, 4.69) is 15.1 Å². The zero-order valence-corrected chi connectivity index (χ0v) is 15.7. The Labute approximate surface area is 158 Å². The number of amides is 1. The highest BCUT2D eigenvalue weighted by atomic mass is 16.2. The van der Waals surface area contributed by atoms with Crippen LogP contribution >= 0.6 is 0 Å². The number of aromatic nitrogens is 4. The molecule has 1 fully saturated rings. The molecule has 3 aromatic rings. The highest BCUT2D eigenvalue weighted by Gasteiger charge is 2.34. The average Bonchev–Trinajstić information content (AvgIpc) is 2.98. The third kappa shape index (κ3) is 3.28. The Morgan fingerprint density at radius 1 is 1.11 bits per heavy atom. The maximum atomic E-state index is 12.7. The topological polar surface area (TPSA) is 67.2 Å². The lowest BCUT2D eigenvalue weighted by atomic mass is 10.1. The van der Waals surface area contributed by atoms with E-state index < -0.39 is 0 Å². The van der Waals surface area contributed by atoms with E-state index in [0.29, 0.717) is 18.7 Å². The number of pyridine rings is 1. The number of nitrogens with zero attached hydrogens (tertiary/aromatic N) is 6. The molecule has 1 aromatic carbocycles. The van der Waals surface area contributed by atoms with Gasteiger partial charge in [0.15, 0.2) is 0 Å². The molecule has 4 rings (SSSR count). The smallest absolute Gasteiger partial charge is 0.255 e. The number of hydrogen-bond donors (Lipinski definition) is 0. The van der Waals surface area contributed by atoms with Crippen molar-refractivity contribution >= 4 is 17.4 Å². The zero-order valence-electron chi connectivity index (χ0n) is 15.7. The number of hydrogen-bond acceptors (Lipinski definition) is 5. The first kappa shape index (κ1) is 17.2. The molecule has 0 bridgehead atoms. The fraction of sp³-hybridized carbons (Fsp3) is 0.300. The van der Waals surface area contributed by atoms with Crippen LogP contribution in [0.1, 0.15) is 28.0 Å². The molecule has 0 saturated carbocycles. The second-order valence-electron chi connectivity index (χ2n) is 6.81. The minimum atomic E-state index is 0.00199. The molecular weight excluding hydrogens is 340 g/mol. The second-order valence-corrected chi connectivity index (χ2v) is 6.81. The SMILES string of the molecule is Cc1nc(C)n(C2CN(C(=O)c3ccc(N(C)c4ccccc4)nc3)C2)n1. The highest BCUT2D eigenvalue weighted by molar-refractivity contribution is 5.94. The van der Waals surface area contributed by atoms with Gasteiger partial charge in [-0.1, -0.05) is 18.2 Å². The van der Waals surface area contributed by atoms with Crippen molar-refractivity contribution in [3.8, 4) is 0 Å². The second kappa shape index (κ2) is 6.83. The van der Waals surface area contributed by atoms with Gasteiger partial charge in [-0.2, -0.15) is 5.10 Å². The molecule has 0 spiro atoms. The minimum Gasteiger partial charge on any atom is -0.334 e. The first-order valence-electron chi connectivity index (χ1n) is 8.97. The number of likely N-dealkylation sites (tertiary alicyclic amines) is 1. The molecule has 3 heterocycles. The van der Waals surface area contributed by atoms with Crippen LogP contribution in [0.25, 0.3) is 0 Å². The summed E-state index contributed by atoms with van der Waals surface area (Å²) in [4.78, 5) is 25.3. The molecule has 27 heavy (non-hydrogen) atoms. The number of aryl methyl sites for hydroxylation is 2. The van der Waals surface area contributed by atoms with E-state index in [9.17, 15) is 4.79 Å². The first-order valence-corrected chi connectivity index (χ1v) is 8.97. The summed E-state index contributed by atoms with van der Waals surface area (Å²) in [6, 6.07) is 13.9. The first-order chi connectivity index (χ1) is 13.0. The lowest BCUT2D eigenvalue weighted by Crippen LogP contribution is -2.51. The van der Waals surface area contributed by atoms with Gasteiger partial charge in [-0.3, -0.25) is 4.79 Å². The van der Waals surface area contributed by atoms with Crippen molar-refractivity contribution in [2.45, 2.75) is 19.9 Å². The maximum absolute atomic E-state index is 12.7. The van der Waals surface area contributed by atoms with E-state index in [1.807, 2.05) is 77.8 Å². The van der Waals surface area contributed by atoms with Gasteiger partial charge in [0.2, 0.25) is 0 Å². The van der Waals surface area contributed by atoms with Crippen molar-refractivity contribution in [2.24, 2.45) is 0 Å². The van der Waals surface area contributed by atoms with Gasteiger partial charge in [0, 0.05) is 32.0 Å². The Hall–Kier alpha value is -3.22. The molecule has 0 radical (unpaired) electrons. The van der Waals surface area contributed by atoms with Crippen LogP contribution in [-0.2, 0) is 0 Å². The summed E-state index contributed by atoms with van der Waals surface area (Å²) >= 11 is 0. The molecule has 1 aliphatic rings. The largest absolute Gasteiger partial charge is 0.334 e. The van der Waals surface area contributed by atoms with E-state index in [-0.39, 0.29) is 11.9 Å². The van der Waals surface area contributed by atoms with Gasteiger partial charge in [-0.25, -0.2) is 14.6 Å². The summed E-state index contributed by atoms with van der Waals surface area (Å²) in [7, 11) is 1.96. The fourth-order valence-electron chi connectivity index (χ4n) is 3.34. The number of carbonyl (C=O) groups is 1. The molecule has 1 saturated heterocycles. The Morgan fingerprint density at radius 2 is 1.85 bits per heavy atom. The lowest BCUT2D eigenvalue weighted by molar-refractivity contribution is 0.0496. The Kier molecular flexibility index (Phi) is 4.35. The number of anilines is 2. The molecule has 138 valence electrons. The van der Waals surface area contributed by atoms with Crippen LogP contribution in [0.2, 0.25) is 0 Å². The molecule has 2 aromatic heterocycles. The maximum Gasteiger partial charge on any atom is 0.255 e. The third-order valence-corrected chi connectivity index (χ3v) is 4.88. The van der Waals surface area contributed by atoms with Crippen molar-refractivity contribution in [3.05, 3.63) is 65.9 Å². The van der Waals surface area contributed by atoms with Gasteiger partial charge >= 0.3 is 0 Å². The summed E-state index contributed by atoms with van der Waals surface area (Å²) in [5, 5.41) is 4.41. The summed E-state index contributed by atoms with van der Waals surface area (Å²) in [6.45, 7) is 5.11. The van der Waals surface area contributed by atoms with Crippen LogP contribution in [0.5, 0.6) is 0 Å². The summed E-state index contributed by atoms with van der Waals surface area (Å²) < 4.78 is 1.91. The van der Waals surface area contributed by atoms with Crippen molar-refractivity contribution in [3.63, 3.8) is 0 Å². The third-order valence-electron chi connectivity index (χ3n) is 4.88. The lowest BCUT2D eigenvalue weighted by Gasteiger charge is -2.39. The molecule has 1 amide bonds. The molecule has 0 N–H and O–H groups in total. The van der Waals surface area contributed by atoms with Crippen LogP contribution < -0.4 is 4.90 Å². The van der Waals surface area contributed by atoms with Gasteiger partial charge in [0.1, 0.15) is 17.5 Å². The van der Waals surface area contributed by atoms with Gasteiger partial charge in [-0.05, 0) is 38.1 Å². The number of para-hydroxylation sites is 1. The van der Waals surface area contributed by atoms with Crippen molar-refractivity contribution in [1.29, 1.82) is 0 Å². The Morgan fingerprint density at radius 3 is 2.44 bits per heavy atom. The summed E-state index contributed by atoms with van der Waals surface area (Å²) in [6.07, 6.45) is 1.65. The van der Waals surface area contributed by atoms with Crippen LogP contribution in [0.15, 0.2) is 48.7 Å². The van der Waals surface area contributed by atoms with Crippen LogP contribution in [0, 0.1) is 13.8 Å². The zero-order chi connectivity index (χ0) is 19.0. The molecule has 7 heteroatoms. The average molecular weight is 362 g/mol. The molecule has 1 aliphatic heterocycles. The van der Waals surface area contributed by atoms with Gasteiger partial charge in [-0.15, -0.1) is 0 Å². The summed E-state index contributed by atoms with van der Waals surface area (Å²) in [5.41, 5.74) is 1.65. The van der Waals surface area contributed by atoms with Crippen molar-refractivity contribution in [1.82, 2.24) is 24.6 Å². The number of rotatable bonds is 4. The van der Waals surface area contributed by atoms with Gasteiger partial charge in [0.25, 0.3) is 5.91 Å². The monoisotopic (exact) mass is 362 g/mol. The normalized spacial score (nSPS) is 14.1. The van der Waals surface area contributed by atoms with E-state index in [1.165, 1.54) is 0 Å². The molecule has 0 unspecified atom stereocenters. The minimum absolute atomic E-state index is 0.00199. The van der Waals surface area contributed by atoms with Gasteiger partial charge < -0.3 is 9.80 Å². The molecular formula is C20H22N6O. The quantitative estimate of drug-likeness (QED) is 0.714. The van der Waals surface area contributed by atoms with E-state index >= 15 is 0 Å². The predicted molar refractivity (Wildman–Crippen MR) is 103 cm³/mol. The van der Waals surface area contributed by atoms with E-state index in [0.717, 1.165) is 23.2 Å². The highest BCUT2D eigenvalue weighted by Crippen LogP contribution is 2.25. The fourth-order valence-corrected chi connectivity index (χ4v) is 3.34. The van der Waals surface area contributed by atoms with Crippen LogP contribution in [0.4, 0.5) is 11.5 Å². The Balaban J connectivity index is 1.41. The van der Waals surface area contributed by atoms with Crippen LogP contribution in [0.3, 0.4) is 0 Å². The molecule has 0 aliphatic carbocycles. The molecule has 0 atom stereocenters. The molecule has 7 nitrogen and oxygen atoms in total. The van der Waals surface area contributed by atoms with Gasteiger partial charge in [0.05, 0.1) is 11.6 Å². The van der Waals surface area contributed by atoms with Crippen molar-refractivity contribution in [2.75, 3.05) is 25.0 Å². The Bertz CT molecular complexity index is 944. The number of carbonyl (C=O) groups excluding carboxylic acids is 1. The standard InChI is InChI=1S/C20H22N6O/c1-14-22-15(2)26(23-14)18-12-25(13-18)20(27)16-9-10-19(21-11-16)24(3)17-7-5-4-6-8-17/h4-11,18H,12-13H2,1-3H3. The number of benzene rings is 1. The van der Waals surface area contributed by atoms with E-state index in [4.69, 9.17) is 0 Å².